The first kappa shape index (κ1) is 15.3. The molecule has 0 aromatic heterocycles. The smallest absolute Gasteiger partial charge is 0.300 e. The second-order valence-electron chi connectivity index (χ2n) is 5.15. The molecule has 0 radical (unpaired) electrons. The molecular formula is C14H15ClF3NO. The fourth-order valence-electron chi connectivity index (χ4n) is 2.77. The van der Waals surface area contributed by atoms with E-state index in [2.05, 4.69) is 0 Å². The van der Waals surface area contributed by atoms with Crippen molar-refractivity contribution in [3.8, 4) is 0 Å². The average Bonchev–Trinajstić information content (AvgIpc) is 2.71. The summed E-state index contributed by atoms with van der Waals surface area (Å²) in [4.78, 5) is 13.0. The maximum absolute atomic E-state index is 12.5. The van der Waals surface area contributed by atoms with E-state index in [1.54, 1.807) is 24.3 Å². The van der Waals surface area contributed by atoms with Gasteiger partial charge in [0, 0.05) is 29.9 Å². The number of carbonyl (C=O) groups excluding carboxylic acids is 1. The largest absolute Gasteiger partial charge is 0.401 e. The standard InChI is InChI=1S/C14H15ClF3NO/c1-9(20)11-6-19(8-14(16,17)18)7-12(11)10-4-2-3-5-13(10)15/h2-5,11-12H,6-8H2,1H3/t11-,12+/m1/s1. The molecule has 2 nitrogen and oxygen atoms in total. The van der Waals surface area contributed by atoms with Crippen molar-refractivity contribution in [2.24, 2.45) is 5.92 Å². The summed E-state index contributed by atoms with van der Waals surface area (Å²) in [5, 5.41) is 0.498. The van der Waals surface area contributed by atoms with Crippen LogP contribution in [-0.2, 0) is 4.79 Å². The van der Waals surface area contributed by atoms with Gasteiger partial charge >= 0.3 is 6.18 Å². The Bertz CT molecular complexity index is 503. The molecular weight excluding hydrogens is 291 g/mol. The Morgan fingerprint density at radius 2 is 2.00 bits per heavy atom. The molecule has 110 valence electrons. The number of rotatable bonds is 3. The van der Waals surface area contributed by atoms with Crippen LogP contribution in [0.15, 0.2) is 24.3 Å². The summed E-state index contributed by atoms with van der Waals surface area (Å²) < 4.78 is 37.5. The third-order valence-electron chi connectivity index (χ3n) is 3.63. The molecule has 1 aromatic rings. The number of ketones is 1. The highest BCUT2D eigenvalue weighted by atomic mass is 35.5. The number of benzene rings is 1. The first-order valence-corrected chi connectivity index (χ1v) is 6.69. The van der Waals surface area contributed by atoms with Crippen molar-refractivity contribution in [3.63, 3.8) is 0 Å². The van der Waals surface area contributed by atoms with Gasteiger partial charge in [-0.15, -0.1) is 0 Å². The van der Waals surface area contributed by atoms with E-state index in [1.165, 1.54) is 11.8 Å². The van der Waals surface area contributed by atoms with Crippen LogP contribution >= 0.6 is 11.6 Å². The van der Waals surface area contributed by atoms with Crippen molar-refractivity contribution in [3.05, 3.63) is 34.9 Å². The molecule has 0 aliphatic carbocycles. The first-order chi connectivity index (χ1) is 9.28. The Labute approximate surface area is 120 Å². The summed E-state index contributed by atoms with van der Waals surface area (Å²) in [7, 11) is 0. The van der Waals surface area contributed by atoms with E-state index in [1.807, 2.05) is 0 Å². The minimum Gasteiger partial charge on any atom is -0.300 e. The highest BCUT2D eigenvalue weighted by molar-refractivity contribution is 6.31. The lowest BCUT2D eigenvalue weighted by Crippen LogP contribution is -2.33. The molecule has 0 unspecified atom stereocenters. The van der Waals surface area contributed by atoms with Gasteiger partial charge in [0.25, 0.3) is 0 Å². The number of nitrogens with zero attached hydrogens (tertiary/aromatic N) is 1. The molecule has 0 saturated carbocycles. The Balaban J connectivity index is 2.23. The number of alkyl halides is 3. The van der Waals surface area contributed by atoms with Crippen LogP contribution in [-0.4, -0.2) is 36.5 Å². The summed E-state index contributed by atoms with van der Waals surface area (Å²) in [5.41, 5.74) is 0.749. The van der Waals surface area contributed by atoms with Crippen LogP contribution in [0.4, 0.5) is 13.2 Å². The second kappa shape index (κ2) is 5.74. The maximum atomic E-state index is 12.5. The number of hydrogen-bond donors (Lipinski definition) is 0. The molecule has 20 heavy (non-hydrogen) atoms. The van der Waals surface area contributed by atoms with Crippen molar-refractivity contribution < 1.29 is 18.0 Å². The normalized spacial score (nSPS) is 24.1. The summed E-state index contributed by atoms with van der Waals surface area (Å²) in [6, 6.07) is 7.02. The van der Waals surface area contributed by atoms with E-state index in [4.69, 9.17) is 11.6 Å². The number of likely N-dealkylation sites (tertiary alicyclic amines) is 1. The SMILES string of the molecule is CC(=O)[C@H]1CN(CC(F)(F)F)C[C@H]1c1ccccc1Cl. The van der Waals surface area contributed by atoms with Crippen LogP contribution in [0.1, 0.15) is 18.4 Å². The third-order valence-corrected chi connectivity index (χ3v) is 3.97. The zero-order valence-corrected chi connectivity index (χ0v) is 11.7. The van der Waals surface area contributed by atoms with E-state index in [9.17, 15) is 18.0 Å². The molecule has 0 bridgehead atoms. The van der Waals surface area contributed by atoms with Crippen LogP contribution in [0.2, 0.25) is 5.02 Å². The lowest BCUT2D eigenvalue weighted by atomic mass is 9.86. The number of hydrogen-bond acceptors (Lipinski definition) is 2. The third kappa shape index (κ3) is 3.52. The van der Waals surface area contributed by atoms with E-state index in [-0.39, 0.29) is 24.8 Å². The molecule has 1 aliphatic heterocycles. The minimum atomic E-state index is -4.25. The molecule has 1 aliphatic rings. The summed E-state index contributed by atoms with van der Waals surface area (Å²) in [6.45, 7) is 0.765. The molecule has 6 heteroatoms. The van der Waals surface area contributed by atoms with Gasteiger partial charge in [0.1, 0.15) is 5.78 Å². The highest BCUT2D eigenvalue weighted by Gasteiger charge is 2.41. The number of Topliss-reactive ketones (excluding diaryl/α,β-unsaturated/α-hetero) is 1. The van der Waals surface area contributed by atoms with Crippen LogP contribution in [0.25, 0.3) is 0 Å². The van der Waals surface area contributed by atoms with E-state index >= 15 is 0 Å². The molecule has 1 saturated heterocycles. The monoisotopic (exact) mass is 305 g/mol. The second-order valence-corrected chi connectivity index (χ2v) is 5.56. The van der Waals surface area contributed by atoms with Crippen LogP contribution in [0, 0.1) is 5.92 Å². The fourth-order valence-corrected chi connectivity index (χ4v) is 3.05. The zero-order valence-electron chi connectivity index (χ0n) is 11.0. The van der Waals surface area contributed by atoms with Crippen molar-refractivity contribution in [1.82, 2.24) is 4.90 Å². The fraction of sp³-hybridized carbons (Fsp3) is 0.500. The van der Waals surface area contributed by atoms with Crippen LogP contribution in [0.3, 0.4) is 0 Å². The Hall–Kier alpha value is -1.07. The van der Waals surface area contributed by atoms with E-state index in [0.29, 0.717) is 5.02 Å². The molecule has 1 aromatic carbocycles. The van der Waals surface area contributed by atoms with Gasteiger partial charge in [-0.05, 0) is 18.6 Å². The summed E-state index contributed by atoms with van der Waals surface area (Å²) in [6.07, 6.45) is -4.25. The number of carbonyl (C=O) groups is 1. The topological polar surface area (TPSA) is 20.3 Å². The lowest BCUT2D eigenvalue weighted by Gasteiger charge is -2.18. The van der Waals surface area contributed by atoms with Gasteiger partial charge in [-0.1, -0.05) is 29.8 Å². The highest BCUT2D eigenvalue weighted by Crippen LogP contribution is 2.37. The minimum absolute atomic E-state index is 0.0976. The molecule has 2 rings (SSSR count). The number of halogens is 4. The van der Waals surface area contributed by atoms with Gasteiger partial charge in [0.15, 0.2) is 0 Å². The Morgan fingerprint density at radius 3 is 2.55 bits per heavy atom. The molecule has 0 amide bonds. The predicted octanol–water partition coefficient (Wildman–Crippen LogP) is 3.51. The Kier molecular flexibility index (Phi) is 4.39. The molecule has 2 atom stereocenters. The van der Waals surface area contributed by atoms with Crippen LogP contribution < -0.4 is 0 Å². The summed E-state index contributed by atoms with van der Waals surface area (Å²) in [5.74, 6) is -0.805. The van der Waals surface area contributed by atoms with Gasteiger partial charge in [0.05, 0.1) is 6.54 Å². The maximum Gasteiger partial charge on any atom is 0.401 e. The molecule has 0 spiro atoms. The van der Waals surface area contributed by atoms with E-state index < -0.39 is 18.6 Å². The molecule has 1 heterocycles. The van der Waals surface area contributed by atoms with Gasteiger partial charge in [-0.25, -0.2) is 0 Å². The molecule has 1 fully saturated rings. The van der Waals surface area contributed by atoms with Gasteiger partial charge in [-0.3, -0.25) is 9.69 Å². The van der Waals surface area contributed by atoms with Crippen molar-refractivity contribution >= 4 is 17.4 Å². The van der Waals surface area contributed by atoms with Gasteiger partial charge in [0.2, 0.25) is 0 Å². The lowest BCUT2D eigenvalue weighted by molar-refractivity contribution is -0.144. The average molecular weight is 306 g/mol. The predicted molar refractivity (Wildman–Crippen MR) is 70.9 cm³/mol. The molecule has 0 N–H and O–H groups in total. The zero-order chi connectivity index (χ0) is 14.9. The van der Waals surface area contributed by atoms with Crippen molar-refractivity contribution in [1.29, 1.82) is 0 Å². The Morgan fingerprint density at radius 1 is 1.35 bits per heavy atom. The van der Waals surface area contributed by atoms with Gasteiger partial charge in [-0.2, -0.15) is 13.2 Å². The van der Waals surface area contributed by atoms with Crippen LogP contribution in [0.5, 0.6) is 0 Å². The van der Waals surface area contributed by atoms with E-state index in [0.717, 1.165) is 5.56 Å². The summed E-state index contributed by atoms with van der Waals surface area (Å²) >= 11 is 6.10. The first-order valence-electron chi connectivity index (χ1n) is 6.32. The quantitative estimate of drug-likeness (QED) is 0.852. The van der Waals surface area contributed by atoms with Crippen molar-refractivity contribution in [2.45, 2.75) is 19.0 Å². The van der Waals surface area contributed by atoms with Crippen molar-refractivity contribution in [2.75, 3.05) is 19.6 Å². The van der Waals surface area contributed by atoms with Gasteiger partial charge < -0.3 is 0 Å².